The predicted octanol–water partition coefficient (Wildman–Crippen LogP) is 1.22. The van der Waals surface area contributed by atoms with Gasteiger partial charge in [-0.15, -0.1) is 0 Å². The van der Waals surface area contributed by atoms with E-state index in [-0.39, 0.29) is 0 Å². The van der Waals surface area contributed by atoms with Crippen LogP contribution in [0.25, 0.3) is 0 Å². The summed E-state index contributed by atoms with van der Waals surface area (Å²) in [6.45, 7) is 4.23. The van der Waals surface area contributed by atoms with Crippen LogP contribution in [-0.4, -0.2) is 29.3 Å². The monoisotopic (exact) mass is 168 g/mol. The molecular formula is C9H16N2O. The van der Waals surface area contributed by atoms with Crippen molar-refractivity contribution in [1.29, 1.82) is 0 Å². The zero-order valence-corrected chi connectivity index (χ0v) is 7.83. The van der Waals surface area contributed by atoms with Gasteiger partial charge in [0.2, 0.25) is 0 Å². The van der Waals surface area contributed by atoms with E-state index in [1.54, 1.807) is 13.8 Å². The molecule has 0 spiro atoms. The number of aliphatic hydroxyl groups is 1. The summed E-state index contributed by atoms with van der Waals surface area (Å²) >= 11 is 0. The molecule has 3 nitrogen and oxygen atoms in total. The van der Waals surface area contributed by atoms with Crippen molar-refractivity contribution in [1.82, 2.24) is 4.98 Å². The van der Waals surface area contributed by atoms with Gasteiger partial charge < -0.3 is 15.0 Å². The molecule has 0 unspecified atom stereocenters. The highest BCUT2D eigenvalue weighted by Gasteiger charge is 2.15. The number of rotatable bonds is 3. The maximum absolute atomic E-state index is 9.54. The minimum atomic E-state index is -0.647. The summed E-state index contributed by atoms with van der Waals surface area (Å²) in [6, 6.07) is 1.98. The van der Waals surface area contributed by atoms with Crippen LogP contribution in [0.5, 0.6) is 0 Å². The van der Waals surface area contributed by atoms with Crippen molar-refractivity contribution in [3.8, 4) is 0 Å². The van der Waals surface area contributed by atoms with Gasteiger partial charge in [0.25, 0.3) is 0 Å². The van der Waals surface area contributed by atoms with Gasteiger partial charge in [0.15, 0.2) is 0 Å². The van der Waals surface area contributed by atoms with Crippen molar-refractivity contribution in [2.75, 3.05) is 18.5 Å². The average molecular weight is 168 g/mol. The van der Waals surface area contributed by atoms with E-state index in [2.05, 4.69) is 4.98 Å². The van der Waals surface area contributed by atoms with E-state index in [1.165, 1.54) is 0 Å². The largest absolute Gasteiger partial charge is 0.389 e. The third-order valence-electron chi connectivity index (χ3n) is 1.65. The zero-order chi connectivity index (χ0) is 9.19. The Bertz CT molecular complexity index is 223. The van der Waals surface area contributed by atoms with Gasteiger partial charge in [0, 0.05) is 26.0 Å². The third kappa shape index (κ3) is 2.58. The summed E-state index contributed by atoms with van der Waals surface area (Å²) in [4.78, 5) is 4.98. The van der Waals surface area contributed by atoms with Crippen molar-refractivity contribution in [2.45, 2.75) is 19.4 Å². The van der Waals surface area contributed by atoms with Crippen LogP contribution in [0.3, 0.4) is 0 Å². The Morgan fingerprint density at radius 3 is 2.67 bits per heavy atom. The number of aromatic nitrogens is 1. The van der Waals surface area contributed by atoms with Crippen molar-refractivity contribution in [3.63, 3.8) is 0 Å². The van der Waals surface area contributed by atoms with E-state index in [9.17, 15) is 5.11 Å². The van der Waals surface area contributed by atoms with Crippen LogP contribution in [0.15, 0.2) is 18.5 Å². The van der Waals surface area contributed by atoms with E-state index in [4.69, 9.17) is 0 Å². The molecule has 0 bridgehead atoms. The fourth-order valence-electron chi connectivity index (χ4n) is 1.22. The molecule has 1 aromatic heterocycles. The first kappa shape index (κ1) is 9.13. The second-order valence-corrected chi connectivity index (χ2v) is 3.74. The van der Waals surface area contributed by atoms with Gasteiger partial charge in [-0.25, -0.2) is 0 Å². The van der Waals surface area contributed by atoms with Crippen molar-refractivity contribution >= 4 is 5.69 Å². The standard InChI is InChI=1S/C9H16N2O/c1-9(2,12)7-11(3)8-4-5-10-6-8/h4-6,10,12H,7H2,1-3H3. The minimum absolute atomic E-state index is 0.630. The second kappa shape index (κ2) is 3.19. The summed E-state index contributed by atoms with van der Waals surface area (Å²) in [6.07, 6.45) is 3.78. The van der Waals surface area contributed by atoms with Crippen molar-refractivity contribution < 1.29 is 5.11 Å². The fourth-order valence-corrected chi connectivity index (χ4v) is 1.22. The zero-order valence-electron chi connectivity index (χ0n) is 7.83. The fraction of sp³-hybridized carbons (Fsp3) is 0.556. The van der Waals surface area contributed by atoms with E-state index in [0.717, 1.165) is 5.69 Å². The van der Waals surface area contributed by atoms with E-state index in [0.29, 0.717) is 6.54 Å². The first-order chi connectivity index (χ1) is 5.49. The minimum Gasteiger partial charge on any atom is -0.389 e. The molecular weight excluding hydrogens is 152 g/mol. The van der Waals surface area contributed by atoms with Gasteiger partial charge >= 0.3 is 0 Å². The molecule has 1 rings (SSSR count). The van der Waals surface area contributed by atoms with Gasteiger partial charge in [-0.1, -0.05) is 0 Å². The van der Waals surface area contributed by atoms with Gasteiger partial charge in [0.1, 0.15) is 0 Å². The Morgan fingerprint density at radius 2 is 2.25 bits per heavy atom. The van der Waals surface area contributed by atoms with Gasteiger partial charge in [-0.3, -0.25) is 0 Å². The lowest BCUT2D eigenvalue weighted by Crippen LogP contribution is -2.36. The number of hydrogen-bond donors (Lipinski definition) is 2. The van der Waals surface area contributed by atoms with Crippen molar-refractivity contribution in [2.24, 2.45) is 0 Å². The Kier molecular flexibility index (Phi) is 2.43. The molecule has 0 saturated carbocycles. The first-order valence-corrected chi connectivity index (χ1v) is 4.05. The molecule has 0 aliphatic carbocycles. The van der Waals surface area contributed by atoms with E-state index < -0.39 is 5.60 Å². The molecule has 68 valence electrons. The van der Waals surface area contributed by atoms with Crippen LogP contribution in [0.1, 0.15) is 13.8 Å². The van der Waals surface area contributed by atoms with Crippen LogP contribution in [0, 0.1) is 0 Å². The van der Waals surface area contributed by atoms with Crippen molar-refractivity contribution in [3.05, 3.63) is 18.5 Å². The normalized spacial score (nSPS) is 11.7. The topological polar surface area (TPSA) is 39.3 Å². The summed E-state index contributed by atoms with van der Waals surface area (Å²) in [5.74, 6) is 0. The molecule has 0 amide bonds. The van der Waals surface area contributed by atoms with Gasteiger partial charge in [0.05, 0.1) is 11.3 Å². The maximum atomic E-state index is 9.54. The number of nitrogens with one attached hydrogen (secondary N) is 1. The van der Waals surface area contributed by atoms with E-state index >= 15 is 0 Å². The summed E-state index contributed by atoms with van der Waals surface area (Å²) < 4.78 is 0. The van der Waals surface area contributed by atoms with Gasteiger partial charge in [-0.2, -0.15) is 0 Å². The molecule has 3 heteroatoms. The molecule has 0 aliphatic rings. The molecule has 1 aromatic rings. The lowest BCUT2D eigenvalue weighted by atomic mass is 10.1. The highest BCUT2D eigenvalue weighted by atomic mass is 16.3. The highest BCUT2D eigenvalue weighted by Crippen LogP contribution is 2.13. The second-order valence-electron chi connectivity index (χ2n) is 3.74. The molecule has 0 atom stereocenters. The number of hydrogen-bond acceptors (Lipinski definition) is 2. The SMILES string of the molecule is CN(CC(C)(C)O)c1cc[nH]c1. The number of H-pyrrole nitrogens is 1. The number of nitrogens with zero attached hydrogens (tertiary/aromatic N) is 1. The Hall–Kier alpha value is -0.960. The molecule has 0 fully saturated rings. The Morgan fingerprint density at radius 1 is 1.58 bits per heavy atom. The first-order valence-electron chi connectivity index (χ1n) is 4.05. The van der Waals surface area contributed by atoms with Crippen LogP contribution < -0.4 is 4.90 Å². The third-order valence-corrected chi connectivity index (χ3v) is 1.65. The molecule has 1 heterocycles. The van der Waals surface area contributed by atoms with Crippen LogP contribution in [0.2, 0.25) is 0 Å². The number of aromatic amines is 1. The smallest absolute Gasteiger partial charge is 0.0765 e. The Balaban J connectivity index is 2.56. The van der Waals surface area contributed by atoms with Crippen LogP contribution >= 0.6 is 0 Å². The highest BCUT2D eigenvalue weighted by molar-refractivity contribution is 5.43. The molecule has 0 aliphatic heterocycles. The number of likely N-dealkylation sites (N-methyl/N-ethyl adjacent to an activating group) is 1. The summed E-state index contributed by atoms with van der Waals surface area (Å²) in [5.41, 5.74) is 0.448. The average Bonchev–Trinajstić information content (AvgIpc) is 2.32. The van der Waals surface area contributed by atoms with Gasteiger partial charge in [-0.05, 0) is 19.9 Å². The molecule has 12 heavy (non-hydrogen) atoms. The summed E-state index contributed by atoms with van der Waals surface area (Å²) in [5, 5.41) is 9.54. The maximum Gasteiger partial charge on any atom is 0.0765 e. The molecule has 2 N–H and O–H groups in total. The molecule has 0 aromatic carbocycles. The molecule has 0 saturated heterocycles. The lowest BCUT2D eigenvalue weighted by Gasteiger charge is -2.26. The Labute approximate surface area is 73.0 Å². The van der Waals surface area contributed by atoms with Crippen LogP contribution in [0.4, 0.5) is 5.69 Å². The van der Waals surface area contributed by atoms with E-state index in [1.807, 2.05) is 30.4 Å². The lowest BCUT2D eigenvalue weighted by molar-refractivity contribution is 0.0886. The summed E-state index contributed by atoms with van der Waals surface area (Å²) in [7, 11) is 1.96. The number of anilines is 1. The van der Waals surface area contributed by atoms with Crippen LogP contribution in [-0.2, 0) is 0 Å². The molecule has 0 radical (unpaired) electrons. The quantitative estimate of drug-likeness (QED) is 0.712. The predicted molar refractivity (Wildman–Crippen MR) is 50.4 cm³/mol.